The second kappa shape index (κ2) is 6.65. The Balaban J connectivity index is 1.81. The third-order valence-electron chi connectivity index (χ3n) is 3.68. The van der Waals surface area contributed by atoms with Gasteiger partial charge < -0.3 is 15.0 Å². The Kier molecular flexibility index (Phi) is 4.43. The number of rotatable bonds is 4. The predicted molar refractivity (Wildman–Crippen MR) is 83.3 cm³/mol. The Hall–Kier alpha value is -1.98. The van der Waals surface area contributed by atoms with Gasteiger partial charge in [-0.3, -0.25) is 0 Å². The zero-order valence-corrected chi connectivity index (χ0v) is 12.2. The van der Waals surface area contributed by atoms with Crippen molar-refractivity contribution in [2.24, 2.45) is 0 Å². The van der Waals surface area contributed by atoms with E-state index in [1.807, 2.05) is 6.20 Å². The molecule has 0 atom stereocenters. The zero-order chi connectivity index (χ0) is 14.5. The molecule has 0 amide bonds. The van der Waals surface area contributed by atoms with E-state index in [1.165, 1.54) is 5.56 Å². The maximum absolute atomic E-state index is 5.14. The molecule has 2 aromatic rings. The second-order valence-electron chi connectivity index (χ2n) is 5.17. The van der Waals surface area contributed by atoms with Crippen LogP contribution in [0.2, 0.25) is 0 Å². The minimum Gasteiger partial charge on any atom is -0.380 e. The fraction of sp³-hybridized carbons (Fsp3) is 0.375. The number of anilines is 1. The highest BCUT2D eigenvalue weighted by Gasteiger charge is 2.12. The summed E-state index contributed by atoms with van der Waals surface area (Å²) in [6, 6.07) is 10.5. The van der Waals surface area contributed by atoms with Gasteiger partial charge in [0.25, 0.3) is 0 Å². The summed E-state index contributed by atoms with van der Waals surface area (Å²) in [6.45, 7) is 4.59. The summed E-state index contributed by atoms with van der Waals surface area (Å²) >= 11 is 0. The van der Waals surface area contributed by atoms with Crippen LogP contribution in [0.4, 0.5) is 5.82 Å². The van der Waals surface area contributed by atoms with E-state index in [0.29, 0.717) is 6.61 Å². The smallest absolute Gasteiger partial charge is 0.151 e. The van der Waals surface area contributed by atoms with Gasteiger partial charge in [0.05, 0.1) is 12.8 Å². The zero-order valence-electron chi connectivity index (χ0n) is 12.2. The highest BCUT2D eigenvalue weighted by Crippen LogP contribution is 2.22. The van der Waals surface area contributed by atoms with Crippen LogP contribution in [-0.4, -0.2) is 43.5 Å². The minimum absolute atomic E-state index is 0.640. The number of methoxy groups -OCH3 is 1. The molecule has 21 heavy (non-hydrogen) atoms. The number of nitrogens with one attached hydrogen (secondary N) is 1. The Bertz CT molecular complexity index is 579. The monoisotopic (exact) mass is 284 g/mol. The molecule has 110 valence electrons. The number of aromatic nitrogens is 2. The van der Waals surface area contributed by atoms with E-state index in [9.17, 15) is 0 Å². The Morgan fingerprint density at radius 3 is 2.62 bits per heavy atom. The average molecular weight is 284 g/mol. The SMILES string of the molecule is COCc1ccc(-c2cnnc(N3CCNCC3)c2)cc1. The first-order valence-electron chi connectivity index (χ1n) is 7.23. The summed E-state index contributed by atoms with van der Waals surface area (Å²) in [5, 5.41) is 11.8. The highest BCUT2D eigenvalue weighted by atomic mass is 16.5. The van der Waals surface area contributed by atoms with Crippen LogP contribution in [0, 0.1) is 0 Å². The van der Waals surface area contributed by atoms with Crippen molar-refractivity contribution in [2.45, 2.75) is 6.61 Å². The molecule has 0 radical (unpaired) electrons. The van der Waals surface area contributed by atoms with E-state index in [4.69, 9.17) is 4.74 Å². The van der Waals surface area contributed by atoms with Crippen LogP contribution >= 0.6 is 0 Å². The second-order valence-corrected chi connectivity index (χ2v) is 5.17. The van der Waals surface area contributed by atoms with Crippen molar-refractivity contribution >= 4 is 5.82 Å². The molecule has 5 heteroatoms. The molecule has 2 heterocycles. The van der Waals surface area contributed by atoms with E-state index in [2.05, 4.69) is 50.7 Å². The standard InChI is InChI=1S/C16H20N4O/c1-21-12-13-2-4-14(5-3-13)15-10-16(19-18-11-15)20-8-6-17-7-9-20/h2-5,10-11,17H,6-9,12H2,1H3. The third kappa shape index (κ3) is 3.37. The number of nitrogens with zero attached hydrogens (tertiary/aromatic N) is 3. The average Bonchev–Trinajstić information content (AvgIpc) is 2.57. The molecule has 0 spiro atoms. The summed E-state index contributed by atoms with van der Waals surface area (Å²) in [5.41, 5.74) is 3.43. The van der Waals surface area contributed by atoms with E-state index in [0.717, 1.165) is 43.1 Å². The van der Waals surface area contributed by atoms with Crippen LogP contribution in [0.1, 0.15) is 5.56 Å². The van der Waals surface area contributed by atoms with Gasteiger partial charge in [0.1, 0.15) is 0 Å². The van der Waals surface area contributed by atoms with Crippen molar-refractivity contribution < 1.29 is 4.74 Å². The molecule has 0 unspecified atom stereocenters. The lowest BCUT2D eigenvalue weighted by molar-refractivity contribution is 0.185. The fourth-order valence-electron chi connectivity index (χ4n) is 2.52. The van der Waals surface area contributed by atoms with Crippen LogP contribution < -0.4 is 10.2 Å². The topological polar surface area (TPSA) is 50.3 Å². The molecule has 1 N–H and O–H groups in total. The van der Waals surface area contributed by atoms with Crippen molar-refractivity contribution in [3.05, 3.63) is 42.1 Å². The first-order chi connectivity index (χ1) is 10.4. The predicted octanol–water partition coefficient (Wildman–Crippen LogP) is 1.70. The number of ether oxygens (including phenoxy) is 1. The van der Waals surface area contributed by atoms with Gasteiger partial charge in [-0.15, -0.1) is 5.10 Å². The lowest BCUT2D eigenvalue weighted by atomic mass is 10.1. The van der Waals surface area contributed by atoms with Crippen molar-refractivity contribution in [2.75, 3.05) is 38.2 Å². The van der Waals surface area contributed by atoms with Crippen LogP contribution in [0.5, 0.6) is 0 Å². The summed E-state index contributed by atoms with van der Waals surface area (Å²) < 4.78 is 5.14. The maximum Gasteiger partial charge on any atom is 0.151 e. The van der Waals surface area contributed by atoms with Gasteiger partial charge in [0.15, 0.2) is 5.82 Å². The normalized spacial score (nSPS) is 15.2. The quantitative estimate of drug-likeness (QED) is 0.926. The molecular formula is C16H20N4O. The maximum atomic E-state index is 5.14. The van der Waals surface area contributed by atoms with Gasteiger partial charge in [-0.2, -0.15) is 5.10 Å². The van der Waals surface area contributed by atoms with Crippen LogP contribution in [0.3, 0.4) is 0 Å². The summed E-state index contributed by atoms with van der Waals surface area (Å²) in [6.07, 6.45) is 1.82. The van der Waals surface area contributed by atoms with Crippen molar-refractivity contribution in [3.8, 4) is 11.1 Å². The molecule has 1 fully saturated rings. The van der Waals surface area contributed by atoms with Gasteiger partial charge in [0, 0.05) is 38.9 Å². The molecule has 1 aromatic heterocycles. The third-order valence-corrected chi connectivity index (χ3v) is 3.68. The molecule has 0 aliphatic carbocycles. The Labute approximate surface area is 125 Å². The summed E-state index contributed by atoms with van der Waals surface area (Å²) in [7, 11) is 1.71. The lowest BCUT2D eigenvalue weighted by Crippen LogP contribution is -2.43. The van der Waals surface area contributed by atoms with E-state index in [-0.39, 0.29) is 0 Å². The summed E-state index contributed by atoms with van der Waals surface area (Å²) in [4.78, 5) is 2.27. The van der Waals surface area contributed by atoms with Crippen LogP contribution in [-0.2, 0) is 11.3 Å². The van der Waals surface area contributed by atoms with E-state index >= 15 is 0 Å². The van der Waals surface area contributed by atoms with Gasteiger partial charge in [0.2, 0.25) is 0 Å². The van der Waals surface area contributed by atoms with Gasteiger partial charge in [-0.25, -0.2) is 0 Å². The van der Waals surface area contributed by atoms with Gasteiger partial charge in [-0.05, 0) is 17.2 Å². The molecule has 3 rings (SSSR count). The first-order valence-corrected chi connectivity index (χ1v) is 7.23. The van der Waals surface area contributed by atoms with E-state index < -0.39 is 0 Å². The number of hydrogen-bond acceptors (Lipinski definition) is 5. The molecule has 1 aliphatic rings. The van der Waals surface area contributed by atoms with Crippen molar-refractivity contribution in [1.29, 1.82) is 0 Å². The molecular weight excluding hydrogens is 264 g/mol. The molecule has 0 bridgehead atoms. The van der Waals surface area contributed by atoms with Crippen molar-refractivity contribution in [1.82, 2.24) is 15.5 Å². The first kappa shape index (κ1) is 14.0. The molecule has 0 saturated carbocycles. The summed E-state index contributed by atoms with van der Waals surface area (Å²) in [5.74, 6) is 0.954. The fourth-order valence-corrected chi connectivity index (χ4v) is 2.52. The van der Waals surface area contributed by atoms with Gasteiger partial charge in [-0.1, -0.05) is 24.3 Å². The molecule has 1 saturated heterocycles. The highest BCUT2D eigenvalue weighted by molar-refractivity contribution is 5.65. The van der Waals surface area contributed by atoms with Gasteiger partial charge >= 0.3 is 0 Å². The van der Waals surface area contributed by atoms with Crippen LogP contribution in [0.15, 0.2) is 36.5 Å². The lowest BCUT2D eigenvalue weighted by Gasteiger charge is -2.28. The number of piperazine rings is 1. The van der Waals surface area contributed by atoms with Crippen molar-refractivity contribution in [3.63, 3.8) is 0 Å². The minimum atomic E-state index is 0.640. The number of benzene rings is 1. The van der Waals surface area contributed by atoms with E-state index in [1.54, 1.807) is 7.11 Å². The Morgan fingerprint density at radius 1 is 1.14 bits per heavy atom. The molecule has 1 aliphatic heterocycles. The molecule has 5 nitrogen and oxygen atoms in total. The number of hydrogen-bond donors (Lipinski definition) is 1. The van der Waals surface area contributed by atoms with Crippen LogP contribution in [0.25, 0.3) is 11.1 Å². The largest absolute Gasteiger partial charge is 0.380 e. The Morgan fingerprint density at radius 2 is 1.90 bits per heavy atom. The molecule has 1 aromatic carbocycles.